The van der Waals surface area contributed by atoms with Gasteiger partial charge in [0.25, 0.3) is 5.56 Å². The quantitative estimate of drug-likeness (QED) is 0.498. The molecule has 3 rings (SSSR count). The Bertz CT molecular complexity index is 969. The topological polar surface area (TPSA) is 101 Å². The highest BCUT2D eigenvalue weighted by atomic mass is 32.2. The molecule has 0 unspecified atom stereocenters. The lowest BCUT2D eigenvalue weighted by atomic mass is 10.1. The maximum absolute atomic E-state index is 12.3. The van der Waals surface area contributed by atoms with Crippen LogP contribution in [0.2, 0.25) is 0 Å². The molecular weight excluding hydrogens is 370 g/mol. The van der Waals surface area contributed by atoms with Crippen LogP contribution in [0.25, 0.3) is 0 Å². The number of anilines is 1. The molecule has 0 saturated heterocycles. The minimum Gasteiger partial charge on any atom is -0.301 e. The third-order valence-electron chi connectivity index (χ3n) is 3.53. The van der Waals surface area contributed by atoms with E-state index in [0.717, 1.165) is 10.6 Å². The first kappa shape index (κ1) is 18.3. The fourth-order valence-corrected chi connectivity index (χ4v) is 3.73. The van der Waals surface area contributed by atoms with E-state index in [9.17, 15) is 9.59 Å². The zero-order valence-electron chi connectivity index (χ0n) is 14.3. The fraction of sp³-hybridized carbons (Fsp3) is 0.235. The van der Waals surface area contributed by atoms with E-state index in [-0.39, 0.29) is 17.9 Å². The molecule has 1 aromatic carbocycles. The van der Waals surface area contributed by atoms with Gasteiger partial charge < -0.3 is 10.3 Å². The fourth-order valence-electron chi connectivity index (χ4n) is 2.26. The van der Waals surface area contributed by atoms with E-state index in [2.05, 4.69) is 25.5 Å². The molecule has 3 aromatic rings. The number of amides is 1. The zero-order valence-corrected chi connectivity index (χ0v) is 15.9. The van der Waals surface area contributed by atoms with Gasteiger partial charge >= 0.3 is 0 Å². The number of nitrogens with zero attached hydrogens (tertiary/aromatic N) is 3. The molecule has 0 bridgehead atoms. The lowest BCUT2D eigenvalue weighted by Gasteiger charge is -2.07. The number of hydrogen-bond donors (Lipinski definition) is 2. The normalized spacial score (nSPS) is 10.7. The van der Waals surface area contributed by atoms with Gasteiger partial charge in [0.05, 0.1) is 6.42 Å². The molecule has 134 valence electrons. The highest BCUT2D eigenvalue weighted by molar-refractivity contribution is 7.98. The molecule has 9 heteroatoms. The number of H-pyrrole nitrogens is 1. The van der Waals surface area contributed by atoms with Crippen LogP contribution in [0.3, 0.4) is 0 Å². The first-order valence-electron chi connectivity index (χ1n) is 7.88. The maximum Gasteiger partial charge on any atom is 0.255 e. The summed E-state index contributed by atoms with van der Waals surface area (Å²) in [5, 5.41) is 12.1. The van der Waals surface area contributed by atoms with Crippen molar-refractivity contribution in [2.75, 3.05) is 5.32 Å². The second-order valence-electron chi connectivity index (χ2n) is 5.56. The van der Waals surface area contributed by atoms with E-state index in [0.29, 0.717) is 27.3 Å². The van der Waals surface area contributed by atoms with E-state index in [1.807, 2.05) is 30.3 Å². The number of aryl methyl sites for hydroxylation is 2. The van der Waals surface area contributed by atoms with Crippen LogP contribution in [-0.2, 0) is 17.0 Å². The Morgan fingerprint density at radius 2 is 2.00 bits per heavy atom. The first-order valence-corrected chi connectivity index (χ1v) is 9.68. The number of carbonyl (C=O) groups is 1. The summed E-state index contributed by atoms with van der Waals surface area (Å²) in [6, 6.07) is 9.94. The van der Waals surface area contributed by atoms with Gasteiger partial charge in [-0.3, -0.25) is 9.59 Å². The highest BCUT2D eigenvalue weighted by Crippen LogP contribution is 2.19. The number of thioether (sulfide) groups is 1. The Balaban J connectivity index is 1.67. The molecule has 2 N–H and O–H groups in total. The third kappa shape index (κ3) is 4.77. The second kappa shape index (κ2) is 8.24. The molecule has 0 radical (unpaired) electrons. The van der Waals surface area contributed by atoms with Crippen LogP contribution in [0.15, 0.2) is 40.3 Å². The minimum atomic E-state index is -0.318. The first-order chi connectivity index (χ1) is 12.5. The molecule has 0 aliphatic heterocycles. The summed E-state index contributed by atoms with van der Waals surface area (Å²) < 4.78 is 0. The molecule has 2 heterocycles. The molecular formula is C17H17N5O2S2. The smallest absolute Gasteiger partial charge is 0.255 e. The van der Waals surface area contributed by atoms with E-state index < -0.39 is 0 Å². The predicted molar refractivity (Wildman–Crippen MR) is 103 cm³/mol. The van der Waals surface area contributed by atoms with Gasteiger partial charge in [-0.25, -0.2) is 4.98 Å². The lowest BCUT2D eigenvalue weighted by molar-refractivity contribution is -0.115. The van der Waals surface area contributed by atoms with Crippen LogP contribution in [0, 0.1) is 13.8 Å². The van der Waals surface area contributed by atoms with Crippen LogP contribution in [0.1, 0.15) is 21.8 Å². The second-order valence-corrected chi connectivity index (χ2v) is 7.71. The van der Waals surface area contributed by atoms with Crippen molar-refractivity contribution in [3.05, 3.63) is 62.5 Å². The number of nitrogens with one attached hydrogen (secondary N) is 2. The predicted octanol–water partition coefficient (Wildman–Crippen LogP) is 2.71. The maximum atomic E-state index is 12.3. The van der Waals surface area contributed by atoms with Gasteiger partial charge in [0.15, 0.2) is 5.16 Å². The average molecular weight is 387 g/mol. The number of aromatic nitrogens is 4. The SMILES string of the molecule is Cc1nnc(NC(=O)Cc2c(C)nc(SCc3ccccc3)[nH]c2=O)s1. The van der Waals surface area contributed by atoms with Gasteiger partial charge in [-0.15, -0.1) is 10.2 Å². The largest absolute Gasteiger partial charge is 0.301 e. The van der Waals surface area contributed by atoms with Crippen LogP contribution >= 0.6 is 23.1 Å². The summed E-state index contributed by atoms with van der Waals surface area (Å²) in [5.74, 6) is 0.389. The van der Waals surface area contributed by atoms with E-state index >= 15 is 0 Å². The van der Waals surface area contributed by atoms with Crippen molar-refractivity contribution in [2.45, 2.75) is 31.2 Å². The lowest BCUT2D eigenvalue weighted by Crippen LogP contribution is -2.23. The van der Waals surface area contributed by atoms with Gasteiger partial charge in [0.1, 0.15) is 5.01 Å². The van der Waals surface area contributed by atoms with Crippen LogP contribution in [0.4, 0.5) is 5.13 Å². The molecule has 26 heavy (non-hydrogen) atoms. The standard InChI is InChI=1S/C17H17N5O2S2/c1-10-13(8-14(23)19-17-22-21-11(2)26-17)15(24)20-16(18-10)25-9-12-6-4-3-5-7-12/h3-7H,8-9H2,1-2H3,(H,18,20,24)(H,19,22,23). The van der Waals surface area contributed by atoms with Crippen molar-refractivity contribution < 1.29 is 4.79 Å². The molecule has 0 atom stereocenters. The Morgan fingerprint density at radius 1 is 1.23 bits per heavy atom. The number of aromatic amines is 1. The van der Waals surface area contributed by atoms with Gasteiger partial charge in [-0.05, 0) is 19.4 Å². The van der Waals surface area contributed by atoms with Crippen molar-refractivity contribution >= 4 is 34.1 Å². The van der Waals surface area contributed by atoms with Gasteiger partial charge in [-0.1, -0.05) is 53.4 Å². The number of hydrogen-bond acceptors (Lipinski definition) is 7. The Hall–Kier alpha value is -2.52. The van der Waals surface area contributed by atoms with E-state index in [1.54, 1.807) is 13.8 Å². The molecule has 1 amide bonds. The molecule has 2 aromatic heterocycles. The van der Waals surface area contributed by atoms with Gasteiger partial charge in [0, 0.05) is 17.0 Å². The zero-order chi connectivity index (χ0) is 18.5. The molecule has 7 nitrogen and oxygen atoms in total. The average Bonchev–Trinajstić information content (AvgIpc) is 3.02. The molecule has 0 aliphatic rings. The molecule has 0 aliphatic carbocycles. The molecule has 0 fully saturated rings. The summed E-state index contributed by atoms with van der Waals surface area (Å²) in [6.45, 7) is 3.54. The van der Waals surface area contributed by atoms with Crippen molar-refractivity contribution in [1.29, 1.82) is 0 Å². The summed E-state index contributed by atoms with van der Waals surface area (Å²) in [5.41, 5.74) is 1.76. The monoisotopic (exact) mass is 387 g/mol. The number of benzene rings is 1. The number of rotatable bonds is 6. The van der Waals surface area contributed by atoms with Gasteiger partial charge in [0.2, 0.25) is 11.0 Å². The summed E-state index contributed by atoms with van der Waals surface area (Å²) in [4.78, 5) is 31.6. The summed E-state index contributed by atoms with van der Waals surface area (Å²) in [6.07, 6.45) is -0.0591. The summed E-state index contributed by atoms with van der Waals surface area (Å²) >= 11 is 2.73. The highest BCUT2D eigenvalue weighted by Gasteiger charge is 2.14. The van der Waals surface area contributed by atoms with Crippen LogP contribution in [-0.4, -0.2) is 26.1 Å². The minimum absolute atomic E-state index is 0.0591. The van der Waals surface area contributed by atoms with Crippen molar-refractivity contribution in [3.63, 3.8) is 0 Å². The van der Waals surface area contributed by atoms with Crippen molar-refractivity contribution in [2.24, 2.45) is 0 Å². The van der Waals surface area contributed by atoms with Gasteiger partial charge in [-0.2, -0.15) is 0 Å². The Labute approximate surface area is 158 Å². The summed E-state index contributed by atoms with van der Waals surface area (Å²) in [7, 11) is 0. The molecule has 0 spiro atoms. The Kier molecular flexibility index (Phi) is 5.79. The van der Waals surface area contributed by atoms with Crippen LogP contribution in [0.5, 0.6) is 0 Å². The van der Waals surface area contributed by atoms with Crippen molar-refractivity contribution in [3.8, 4) is 0 Å². The molecule has 0 saturated carbocycles. The Morgan fingerprint density at radius 3 is 2.65 bits per heavy atom. The van der Waals surface area contributed by atoms with Crippen LogP contribution < -0.4 is 10.9 Å². The van der Waals surface area contributed by atoms with E-state index in [1.165, 1.54) is 23.1 Å². The van der Waals surface area contributed by atoms with Crippen molar-refractivity contribution in [1.82, 2.24) is 20.2 Å². The number of carbonyl (C=O) groups excluding carboxylic acids is 1. The van der Waals surface area contributed by atoms with E-state index in [4.69, 9.17) is 0 Å². The third-order valence-corrected chi connectivity index (χ3v) is 5.23.